The fourth-order valence-electron chi connectivity index (χ4n) is 1.75. The van der Waals surface area contributed by atoms with Gasteiger partial charge in [-0.15, -0.1) is 5.10 Å². The van der Waals surface area contributed by atoms with E-state index in [9.17, 15) is 0 Å². The Morgan fingerprint density at radius 2 is 1.94 bits per heavy atom. The highest BCUT2D eigenvalue weighted by Gasteiger charge is 2.10. The molecule has 0 aliphatic carbocycles. The average molecular weight is 230 g/mol. The monoisotopic (exact) mass is 230 g/mol. The number of benzene rings is 1. The molecule has 0 saturated carbocycles. The van der Waals surface area contributed by atoms with Crippen LogP contribution in [-0.2, 0) is 0 Å². The van der Waals surface area contributed by atoms with Crippen molar-refractivity contribution in [3.8, 4) is 5.69 Å². The lowest BCUT2D eigenvalue weighted by molar-refractivity contribution is 0.863. The van der Waals surface area contributed by atoms with Crippen LogP contribution in [0.1, 0.15) is 5.56 Å². The van der Waals surface area contributed by atoms with Gasteiger partial charge in [0, 0.05) is 27.2 Å². The maximum absolute atomic E-state index is 4.59. The lowest BCUT2D eigenvalue weighted by Gasteiger charge is -2.09. The molecule has 0 saturated heterocycles. The second-order valence-corrected chi connectivity index (χ2v) is 4.23. The molecule has 0 unspecified atom stereocenters. The zero-order valence-electron chi connectivity index (χ0n) is 10.7. The van der Waals surface area contributed by atoms with Crippen LogP contribution in [0.25, 0.3) is 5.69 Å². The van der Waals surface area contributed by atoms with Crippen LogP contribution in [0.2, 0.25) is 0 Å². The third-order valence-electron chi connectivity index (χ3n) is 2.75. The van der Waals surface area contributed by atoms with Crippen molar-refractivity contribution in [2.45, 2.75) is 6.92 Å². The lowest BCUT2D eigenvalue weighted by atomic mass is 10.2. The smallest absolute Gasteiger partial charge is 0.152 e. The van der Waals surface area contributed by atoms with Crippen LogP contribution in [0.15, 0.2) is 30.3 Å². The van der Waals surface area contributed by atoms with E-state index in [0.29, 0.717) is 0 Å². The van der Waals surface area contributed by atoms with Crippen molar-refractivity contribution in [3.05, 3.63) is 35.9 Å². The highest BCUT2D eigenvalue weighted by atomic mass is 15.4. The minimum absolute atomic E-state index is 0.942. The summed E-state index contributed by atoms with van der Waals surface area (Å²) in [5.41, 5.74) is 2.31. The van der Waals surface area contributed by atoms with Crippen LogP contribution in [0.4, 0.5) is 11.6 Å². The first-order valence-corrected chi connectivity index (χ1v) is 5.64. The minimum atomic E-state index is 0.942. The first kappa shape index (κ1) is 11.5. The molecular formula is C13H18N4. The zero-order chi connectivity index (χ0) is 12.4. The van der Waals surface area contributed by atoms with Gasteiger partial charge in [0.15, 0.2) is 5.82 Å². The summed E-state index contributed by atoms with van der Waals surface area (Å²) < 4.78 is 1.94. The molecule has 1 N–H and O–H groups in total. The summed E-state index contributed by atoms with van der Waals surface area (Å²) in [5.74, 6) is 1.93. The van der Waals surface area contributed by atoms with Gasteiger partial charge in [0.05, 0.1) is 5.69 Å². The Bertz CT molecular complexity index is 514. The number of aryl methyl sites for hydroxylation is 1. The Balaban J connectivity index is 2.55. The predicted molar refractivity (Wildman–Crippen MR) is 72.2 cm³/mol. The molecule has 0 atom stereocenters. The molecule has 0 aliphatic rings. The minimum Gasteiger partial charge on any atom is -0.373 e. The molecule has 90 valence electrons. The van der Waals surface area contributed by atoms with E-state index in [2.05, 4.69) is 29.5 Å². The van der Waals surface area contributed by atoms with Crippen LogP contribution < -0.4 is 10.2 Å². The van der Waals surface area contributed by atoms with Gasteiger partial charge < -0.3 is 10.2 Å². The Morgan fingerprint density at radius 1 is 1.24 bits per heavy atom. The molecule has 4 nitrogen and oxygen atoms in total. The van der Waals surface area contributed by atoms with E-state index in [0.717, 1.165) is 17.3 Å². The van der Waals surface area contributed by atoms with E-state index in [1.54, 1.807) is 0 Å². The van der Waals surface area contributed by atoms with Gasteiger partial charge in [-0.2, -0.15) is 0 Å². The summed E-state index contributed by atoms with van der Waals surface area (Å²) in [6, 6.07) is 10.3. The molecule has 1 heterocycles. The van der Waals surface area contributed by atoms with Crippen molar-refractivity contribution in [1.29, 1.82) is 0 Å². The van der Waals surface area contributed by atoms with Gasteiger partial charge >= 0.3 is 0 Å². The van der Waals surface area contributed by atoms with Crippen LogP contribution in [-0.4, -0.2) is 30.9 Å². The predicted octanol–water partition coefficient (Wildman–Crippen LogP) is 2.29. The quantitative estimate of drug-likeness (QED) is 0.878. The van der Waals surface area contributed by atoms with Gasteiger partial charge in [-0.1, -0.05) is 18.2 Å². The molecule has 2 aromatic rings. The summed E-state index contributed by atoms with van der Waals surface area (Å²) in [5, 5.41) is 7.76. The molecule has 1 aromatic carbocycles. The van der Waals surface area contributed by atoms with Gasteiger partial charge in [0.1, 0.15) is 5.82 Å². The fraction of sp³-hybridized carbons (Fsp3) is 0.308. The largest absolute Gasteiger partial charge is 0.373 e. The molecule has 0 amide bonds. The van der Waals surface area contributed by atoms with Crippen LogP contribution in [0, 0.1) is 6.92 Å². The van der Waals surface area contributed by atoms with Crippen molar-refractivity contribution < 1.29 is 0 Å². The number of para-hydroxylation sites is 1. The number of anilines is 2. The van der Waals surface area contributed by atoms with E-state index in [1.807, 2.05) is 48.9 Å². The van der Waals surface area contributed by atoms with Crippen molar-refractivity contribution in [3.63, 3.8) is 0 Å². The van der Waals surface area contributed by atoms with Gasteiger partial charge in [-0.25, -0.2) is 4.68 Å². The summed E-state index contributed by atoms with van der Waals surface area (Å²) in [7, 11) is 5.89. The molecule has 0 spiro atoms. The summed E-state index contributed by atoms with van der Waals surface area (Å²) in [6.07, 6.45) is 0. The Hall–Kier alpha value is -1.97. The van der Waals surface area contributed by atoms with Crippen molar-refractivity contribution in [2.24, 2.45) is 0 Å². The van der Waals surface area contributed by atoms with E-state index >= 15 is 0 Å². The molecular weight excluding hydrogens is 212 g/mol. The number of nitrogens with zero attached hydrogens (tertiary/aromatic N) is 3. The molecule has 1 aromatic heterocycles. The van der Waals surface area contributed by atoms with Crippen LogP contribution >= 0.6 is 0 Å². The third kappa shape index (κ3) is 2.11. The van der Waals surface area contributed by atoms with Gasteiger partial charge in [0.25, 0.3) is 0 Å². The van der Waals surface area contributed by atoms with Crippen LogP contribution in [0.5, 0.6) is 0 Å². The highest BCUT2D eigenvalue weighted by molar-refractivity contribution is 5.55. The summed E-state index contributed by atoms with van der Waals surface area (Å²) in [6.45, 7) is 2.09. The van der Waals surface area contributed by atoms with E-state index in [1.165, 1.54) is 5.56 Å². The first-order valence-electron chi connectivity index (χ1n) is 5.64. The average Bonchev–Trinajstić information content (AvgIpc) is 2.73. The molecule has 0 radical (unpaired) electrons. The number of rotatable bonds is 3. The normalized spacial score (nSPS) is 10.4. The second kappa shape index (κ2) is 4.49. The first-order chi connectivity index (χ1) is 8.13. The maximum Gasteiger partial charge on any atom is 0.152 e. The van der Waals surface area contributed by atoms with E-state index < -0.39 is 0 Å². The second-order valence-electron chi connectivity index (χ2n) is 4.23. The highest BCUT2D eigenvalue weighted by Crippen LogP contribution is 2.22. The van der Waals surface area contributed by atoms with Gasteiger partial charge in [0.2, 0.25) is 0 Å². The topological polar surface area (TPSA) is 33.1 Å². The summed E-state index contributed by atoms with van der Waals surface area (Å²) in [4.78, 5) is 2.00. The molecule has 2 rings (SSSR count). The van der Waals surface area contributed by atoms with Crippen molar-refractivity contribution in [2.75, 3.05) is 31.4 Å². The Kier molecular flexibility index (Phi) is 3.04. The Morgan fingerprint density at radius 3 is 2.53 bits per heavy atom. The fourth-order valence-corrected chi connectivity index (χ4v) is 1.75. The molecule has 0 fully saturated rings. The number of nitrogens with one attached hydrogen (secondary N) is 1. The maximum atomic E-state index is 4.59. The molecule has 17 heavy (non-hydrogen) atoms. The number of hydrogen-bond acceptors (Lipinski definition) is 3. The summed E-state index contributed by atoms with van der Waals surface area (Å²) >= 11 is 0. The van der Waals surface area contributed by atoms with E-state index in [4.69, 9.17) is 0 Å². The molecule has 0 aliphatic heterocycles. The Labute approximate surface area is 102 Å². The number of hydrogen-bond donors (Lipinski definition) is 1. The standard InChI is InChI=1S/C13H18N4/c1-10-7-5-6-8-11(10)17-12(14-2)9-13(15-17)16(3)4/h5-9,14H,1-4H3. The SMILES string of the molecule is CNc1cc(N(C)C)nn1-c1ccccc1C. The zero-order valence-corrected chi connectivity index (χ0v) is 10.7. The van der Waals surface area contributed by atoms with Crippen molar-refractivity contribution in [1.82, 2.24) is 9.78 Å². The third-order valence-corrected chi connectivity index (χ3v) is 2.75. The number of aromatic nitrogens is 2. The van der Waals surface area contributed by atoms with Crippen molar-refractivity contribution >= 4 is 11.6 Å². The van der Waals surface area contributed by atoms with E-state index in [-0.39, 0.29) is 0 Å². The van der Waals surface area contributed by atoms with Crippen LogP contribution in [0.3, 0.4) is 0 Å². The molecule has 4 heteroatoms. The lowest BCUT2D eigenvalue weighted by Crippen LogP contribution is -2.10. The molecule has 0 bridgehead atoms. The van der Waals surface area contributed by atoms with Gasteiger partial charge in [-0.3, -0.25) is 0 Å². The van der Waals surface area contributed by atoms with Gasteiger partial charge in [-0.05, 0) is 18.6 Å².